The van der Waals surface area contributed by atoms with Gasteiger partial charge in [0, 0.05) is 30.0 Å². The van der Waals surface area contributed by atoms with Crippen LogP contribution >= 0.6 is 0 Å². The summed E-state index contributed by atoms with van der Waals surface area (Å²) < 4.78 is 0. The van der Waals surface area contributed by atoms with Crippen molar-refractivity contribution in [3.05, 3.63) is 33.9 Å². The van der Waals surface area contributed by atoms with Gasteiger partial charge in [0.25, 0.3) is 5.69 Å². The van der Waals surface area contributed by atoms with Crippen LogP contribution in [0.15, 0.2) is 23.3 Å². The molecule has 3 rings (SSSR count). The smallest absolute Gasteiger partial charge is 0.292 e. The number of hydrogen-bond donors (Lipinski definition) is 2. The molecule has 1 aliphatic carbocycles. The Morgan fingerprint density at radius 1 is 1.43 bits per heavy atom. The highest BCUT2D eigenvalue weighted by molar-refractivity contribution is 6.06. The molecule has 0 saturated heterocycles. The van der Waals surface area contributed by atoms with Crippen LogP contribution in [0.1, 0.15) is 31.7 Å². The van der Waals surface area contributed by atoms with Crippen LogP contribution < -0.4 is 10.7 Å². The maximum atomic E-state index is 11.3. The first-order valence-electron chi connectivity index (χ1n) is 6.96. The van der Waals surface area contributed by atoms with Crippen LogP contribution in [-0.2, 0) is 4.79 Å². The lowest BCUT2D eigenvalue weighted by atomic mass is 9.93. The minimum absolute atomic E-state index is 0.0474. The van der Waals surface area contributed by atoms with Crippen molar-refractivity contribution in [2.45, 2.75) is 32.2 Å². The van der Waals surface area contributed by atoms with Crippen LogP contribution in [0.2, 0.25) is 0 Å². The fourth-order valence-corrected chi connectivity index (χ4v) is 2.41. The van der Waals surface area contributed by atoms with Gasteiger partial charge in [-0.1, -0.05) is 13.0 Å². The lowest BCUT2D eigenvalue weighted by Gasteiger charge is -2.19. The first kappa shape index (κ1) is 13.5. The van der Waals surface area contributed by atoms with Gasteiger partial charge < -0.3 is 5.32 Å². The Morgan fingerprint density at radius 3 is 2.81 bits per heavy atom. The third-order valence-electron chi connectivity index (χ3n) is 3.69. The molecule has 0 aromatic heterocycles. The van der Waals surface area contributed by atoms with Gasteiger partial charge in [0.1, 0.15) is 5.69 Å². The molecule has 1 aromatic rings. The van der Waals surface area contributed by atoms with E-state index in [4.69, 9.17) is 0 Å². The molecule has 1 atom stereocenters. The Kier molecular flexibility index (Phi) is 3.32. The van der Waals surface area contributed by atoms with Gasteiger partial charge >= 0.3 is 0 Å². The first-order valence-corrected chi connectivity index (χ1v) is 6.96. The molecule has 2 N–H and O–H groups in total. The summed E-state index contributed by atoms with van der Waals surface area (Å²) in [5, 5.41) is 18.5. The number of nitro benzene ring substituents is 1. The summed E-state index contributed by atoms with van der Waals surface area (Å²) in [6.45, 7) is 1.89. The molecule has 7 heteroatoms. The lowest BCUT2D eigenvalue weighted by Crippen LogP contribution is -2.32. The number of carbonyl (C=O) groups excluding carboxylic acids is 1. The normalized spacial score (nSPS) is 21.5. The quantitative estimate of drug-likeness (QED) is 0.654. The Bertz CT molecular complexity index is 637. The number of rotatable bonds is 4. The monoisotopic (exact) mass is 288 g/mol. The predicted octanol–water partition coefficient (Wildman–Crippen LogP) is 2.03. The van der Waals surface area contributed by atoms with Gasteiger partial charge in [0.2, 0.25) is 5.91 Å². The Hall–Kier alpha value is -2.44. The molecule has 0 bridgehead atoms. The van der Waals surface area contributed by atoms with Crippen LogP contribution in [0, 0.1) is 16.0 Å². The number of nitrogens with one attached hydrogen (secondary N) is 2. The molecular formula is C14H16N4O3. The van der Waals surface area contributed by atoms with Crippen molar-refractivity contribution >= 4 is 23.0 Å². The van der Waals surface area contributed by atoms with Crippen molar-refractivity contribution in [3.63, 3.8) is 0 Å². The van der Waals surface area contributed by atoms with Gasteiger partial charge in [-0.25, -0.2) is 5.43 Å². The number of nitro groups is 1. The molecule has 1 saturated carbocycles. The second-order valence-corrected chi connectivity index (χ2v) is 5.54. The number of amides is 1. The van der Waals surface area contributed by atoms with Crippen LogP contribution in [0.5, 0.6) is 0 Å². The molecule has 1 aromatic carbocycles. The topological polar surface area (TPSA) is 96.6 Å². The number of hydrazone groups is 1. The highest BCUT2D eigenvalue weighted by atomic mass is 16.6. The van der Waals surface area contributed by atoms with E-state index in [0.29, 0.717) is 29.4 Å². The Labute approximate surface area is 121 Å². The van der Waals surface area contributed by atoms with E-state index >= 15 is 0 Å². The van der Waals surface area contributed by atoms with E-state index in [1.165, 1.54) is 6.07 Å². The number of anilines is 1. The van der Waals surface area contributed by atoms with Crippen molar-refractivity contribution in [3.8, 4) is 0 Å². The molecule has 2 aliphatic rings. The standard InChI is InChI=1S/C14H16N4O3/c1-8-6-13(19)16-17-14(8)9-2-5-11(15-10-3-4-10)12(7-9)18(20)21/h2,5,7-8,10,15H,3-4,6H2,1H3,(H,16,19). The number of nitrogens with zero attached hydrogens (tertiary/aromatic N) is 2. The van der Waals surface area contributed by atoms with Crippen molar-refractivity contribution in [2.75, 3.05) is 5.32 Å². The van der Waals surface area contributed by atoms with Crippen molar-refractivity contribution in [1.82, 2.24) is 5.43 Å². The number of carbonyl (C=O) groups is 1. The number of hydrogen-bond acceptors (Lipinski definition) is 5. The van der Waals surface area contributed by atoms with E-state index in [2.05, 4.69) is 15.8 Å². The molecule has 7 nitrogen and oxygen atoms in total. The average Bonchev–Trinajstić information content (AvgIpc) is 3.23. The fraction of sp³-hybridized carbons (Fsp3) is 0.429. The van der Waals surface area contributed by atoms with E-state index in [-0.39, 0.29) is 22.4 Å². The summed E-state index contributed by atoms with van der Waals surface area (Å²) in [6.07, 6.45) is 2.44. The Morgan fingerprint density at radius 2 is 2.19 bits per heavy atom. The van der Waals surface area contributed by atoms with Gasteiger partial charge in [-0.2, -0.15) is 5.10 Å². The molecule has 1 aliphatic heterocycles. The number of benzene rings is 1. The van der Waals surface area contributed by atoms with Gasteiger partial charge in [-0.15, -0.1) is 0 Å². The molecular weight excluding hydrogens is 272 g/mol. The molecule has 0 radical (unpaired) electrons. The van der Waals surface area contributed by atoms with Crippen LogP contribution in [0.25, 0.3) is 0 Å². The van der Waals surface area contributed by atoms with Gasteiger partial charge in [-0.05, 0) is 18.9 Å². The lowest BCUT2D eigenvalue weighted by molar-refractivity contribution is -0.384. The molecule has 1 heterocycles. The minimum Gasteiger partial charge on any atom is -0.377 e. The SMILES string of the molecule is CC1CC(=O)NN=C1c1ccc(NC2CC2)c([N+](=O)[O-])c1. The minimum atomic E-state index is -0.388. The third-order valence-corrected chi connectivity index (χ3v) is 3.69. The second-order valence-electron chi connectivity index (χ2n) is 5.54. The van der Waals surface area contributed by atoms with E-state index in [1.54, 1.807) is 6.07 Å². The fourth-order valence-electron chi connectivity index (χ4n) is 2.41. The molecule has 21 heavy (non-hydrogen) atoms. The van der Waals surface area contributed by atoms with E-state index in [9.17, 15) is 14.9 Å². The zero-order chi connectivity index (χ0) is 15.0. The van der Waals surface area contributed by atoms with Gasteiger partial charge in [0.05, 0.1) is 10.6 Å². The summed E-state index contributed by atoms with van der Waals surface area (Å²) in [7, 11) is 0. The van der Waals surface area contributed by atoms with Crippen molar-refractivity contribution < 1.29 is 9.72 Å². The molecule has 0 spiro atoms. The second kappa shape index (κ2) is 5.16. The summed E-state index contributed by atoms with van der Waals surface area (Å²) >= 11 is 0. The van der Waals surface area contributed by atoms with E-state index in [0.717, 1.165) is 12.8 Å². The van der Waals surface area contributed by atoms with Crippen molar-refractivity contribution in [1.29, 1.82) is 0 Å². The first-order chi connectivity index (χ1) is 10.0. The van der Waals surface area contributed by atoms with Gasteiger partial charge in [0.15, 0.2) is 0 Å². The molecule has 110 valence electrons. The zero-order valence-electron chi connectivity index (χ0n) is 11.6. The van der Waals surface area contributed by atoms with Crippen molar-refractivity contribution in [2.24, 2.45) is 11.0 Å². The molecule has 1 fully saturated rings. The largest absolute Gasteiger partial charge is 0.377 e. The highest BCUT2D eigenvalue weighted by Crippen LogP contribution is 2.32. The predicted molar refractivity (Wildman–Crippen MR) is 78.2 cm³/mol. The molecule has 1 amide bonds. The Balaban J connectivity index is 1.94. The summed E-state index contributed by atoms with van der Waals surface area (Å²) in [4.78, 5) is 22.1. The van der Waals surface area contributed by atoms with E-state index < -0.39 is 0 Å². The third kappa shape index (κ3) is 2.86. The maximum Gasteiger partial charge on any atom is 0.292 e. The van der Waals surface area contributed by atoms with Crippen LogP contribution in [0.3, 0.4) is 0 Å². The average molecular weight is 288 g/mol. The van der Waals surface area contributed by atoms with Crippen LogP contribution in [-0.4, -0.2) is 22.6 Å². The maximum absolute atomic E-state index is 11.3. The van der Waals surface area contributed by atoms with Crippen LogP contribution in [0.4, 0.5) is 11.4 Å². The van der Waals surface area contributed by atoms with E-state index in [1.807, 2.05) is 13.0 Å². The van der Waals surface area contributed by atoms with Gasteiger partial charge in [-0.3, -0.25) is 14.9 Å². The summed E-state index contributed by atoms with van der Waals surface area (Å²) in [6, 6.07) is 5.40. The summed E-state index contributed by atoms with van der Waals surface area (Å²) in [5.41, 5.74) is 4.37. The molecule has 1 unspecified atom stereocenters. The summed E-state index contributed by atoms with van der Waals surface area (Å²) in [5.74, 6) is -0.187. The highest BCUT2D eigenvalue weighted by Gasteiger charge is 2.27. The zero-order valence-corrected chi connectivity index (χ0v) is 11.6.